The Balaban J connectivity index is 1.57. The fourth-order valence-corrected chi connectivity index (χ4v) is 4.40. The normalized spacial score (nSPS) is 32.4. The summed E-state index contributed by atoms with van der Waals surface area (Å²) in [5.41, 5.74) is 1.51. The Morgan fingerprint density at radius 3 is 3.00 bits per heavy atom. The maximum Gasteiger partial charge on any atom is 0.0590 e. The van der Waals surface area contributed by atoms with Crippen LogP contribution in [0.4, 0.5) is 0 Å². The lowest BCUT2D eigenvalue weighted by atomic mass is 9.96. The van der Waals surface area contributed by atoms with E-state index < -0.39 is 0 Å². The third kappa shape index (κ3) is 2.58. The molecule has 2 aliphatic heterocycles. The summed E-state index contributed by atoms with van der Waals surface area (Å²) in [7, 11) is 0. The average molecular weight is 263 g/mol. The van der Waals surface area contributed by atoms with E-state index in [1.54, 1.807) is 0 Å². The number of hydrogen-bond acceptors (Lipinski definition) is 3. The molecule has 0 saturated carbocycles. The van der Waals surface area contributed by atoms with Crippen LogP contribution in [-0.4, -0.2) is 41.0 Å². The molecule has 1 saturated heterocycles. The van der Waals surface area contributed by atoms with Gasteiger partial charge in [0, 0.05) is 29.8 Å². The Morgan fingerprint density at radius 1 is 1.39 bits per heavy atom. The summed E-state index contributed by atoms with van der Waals surface area (Å²) in [6.45, 7) is 5.43. The predicted molar refractivity (Wildman–Crippen MR) is 76.0 cm³/mol. The van der Waals surface area contributed by atoms with Crippen molar-refractivity contribution < 1.29 is 5.11 Å². The molecule has 3 unspecified atom stereocenters. The number of nitrogens with zero attached hydrogens (tertiary/aromatic N) is 1. The molecule has 98 valence electrons. The van der Waals surface area contributed by atoms with Crippen molar-refractivity contribution in [1.82, 2.24) is 4.90 Å². The van der Waals surface area contributed by atoms with Gasteiger partial charge in [0.15, 0.2) is 0 Å². The molecule has 1 aromatic carbocycles. The number of aliphatic hydroxyl groups excluding tert-OH is 1. The topological polar surface area (TPSA) is 23.5 Å². The summed E-state index contributed by atoms with van der Waals surface area (Å²) < 4.78 is 0. The summed E-state index contributed by atoms with van der Waals surface area (Å²) in [4.78, 5) is 3.99. The van der Waals surface area contributed by atoms with Gasteiger partial charge in [-0.2, -0.15) is 0 Å². The molecule has 0 aliphatic carbocycles. The van der Waals surface area contributed by atoms with Crippen molar-refractivity contribution in [3.63, 3.8) is 0 Å². The third-order valence-corrected chi connectivity index (χ3v) is 5.42. The van der Waals surface area contributed by atoms with Gasteiger partial charge in [0.25, 0.3) is 0 Å². The smallest absolute Gasteiger partial charge is 0.0590 e. The van der Waals surface area contributed by atoms with E-state index in [4.69, 9.17) is 0 Å². The van der Waals surface area contributed by atoms with E-state index in [1.165, 1.54) is 16.9 Å². The van der Waals surface area contributed by atoms with E-state index in [9.17, 15) is 5.11 Å². The number of benzene rings is 1. The molecule has 3 atom stereocenters. The van der Waals surface area contributed by atoms with Crippen LogP contribution in [0.15, 0.2) is 29.2 Å². The first kappa shape index (κ1) is 12.5. The quantitative estimate of drug-likeness (QED) is 0.886. The highest BCUT2D eigenvalue weighted by Crippen LogP contribution is 2.37. The zero-order chi connectivity index (χ0) is 12.5. The highest BCUT2D eigenvalue weighted by molar-refractivity contribution is 8.00. The molecule has 1 aromatic rings. The molecule has 2 aliphatic rings. The van der Waals surface area contributed by atoms with E-state index in [0.29, 0.717) is 11.2 Å². The number of rotatable bonds is 2. The molecule has 2 nitrogen and oxygen atoms in total. The monoisotopic (exact) mass is 263 g/mol. The molecular formula is C15H21NOS. The Hall–Kier alpha value is -0.510. The van der Waals surface area contributed by atoms with Crippen molar-refractivity contribution in [3.8, 4) is 0 Å². The number of aliphatic hydroxyl groups is 1. The average Bonchev–Trinajstić information content (AvgIpc) is 2.76. The largest absolute Gasteiger partial charge is 0.393 e. The van der Waals surface area contributed by atoms with Gasteiger partial charge in [0.1, 0.15) is 0 Å². The second kappa shape index (κ2) is 5.24. The first-order valence-corrected chi connectivity index (χ1v) is 7.75. The van der Waals surface area contributed by atoms with Crippen LogP contribution in [0.2, 0.25) is 0 Å². The van der Waals surface area contributed by atoms with Crippen LogP contribution in [0.3, 0.4) is 0 Å². The first-order chi connectivity index (χ1) is 8.72. The fraction of sp³-hybridized carbons (Fsp3) is 0.600. The van der Waals surface area contributed by atoms with Gasteiger partial charge < -0.3 is 10.0 Å². The van der Waals surface area contributed by atoms with Gasteiger partial charge in [0.05, 0.1) is 6.10 Å². The van der Waals surface area contributed by atoms with Gasteiger partial charge in [-0.25, -0.2) is 0 Å². The van der Waals surface area contributed by atoms with E-state index in [0.717, 1.165) is 26.1 Å². The molecule has 0 spiro atoms. The first-order valence-electron chi connectivity index (χ1n) is 6.87. The summed E-state index contributed by atoms with van der Waals surface area (Å²) in [5.74, 6) is 0.424. The van der Waals surface area contributed by atoms with Crippen LogP contribution in [0.5, 0.6) is 0 Å². The van der Waals surface area contributed by atoms with Crippen LogP contribution in [-0.2, 0) is 6.42 Å². The lowest BCUT2D eigenvalue weighted by Gasteiger charge is -2.35. The molecule has 3 rings (SSSR count). The SMILES string of the molecule is CC1CN(CC2Cc3ccccc3S2)CCC1O. The van der Waals surface area contributed by atoms with Gasteiger partial charge in [-0.15, -0.1) is 11.8 Å². The second-order valence-corrected chi connectivity index (χ2v) is 6.99. The Morgan fingerprint density at radius 2 is 2.22 bits per heavy atom. The molecule has 1 fully saturated rings. The number of fused-ring (bicyclic) bond motifs is 1. The van der Waals surface area contributed by atoms with Crippen molar-refractivity contribution in [1.29, 1.82) is 0 Å². The standard InChI is InChI=1S/C15H21NOS/c1-11-9-16(7-6-14(11)17)10-13-8-12-4-2-3-5-15(12)18-13/h2-5,11,13-14,17H,6-10H2,1H3. The van der Waals surface area contributed by atoms with Gasteiger partial charge in [-0.1, -0.05) is 25.1 Å². The Labute approximate surface area is 113 Å². The zero-order valence-electron chi connectivity index (χ0n) is 10.9. The maximum atomic E-state index is 9.77. The van der Waals surface area contributed by atoms with E-state index in [2.05, 4.69) is 36.1 Å². The highest BCUT2D eigenvalue weighted by Gasteiger charge is 2.28. The Kier molecular flexibility index (Phi) is 3.64. The number of hydrogen-bond donors (Lipinski definition) is 1. The number of thioether (sulfide) groups is 1. The third-order valence-electron chi connectivity index (χ3n) is 4.12. The van der Waals surface area contributed by atoms with Crippen molar-refractivity contribution in [2.24, 2.45) is 5.92 Å². The minimum Gasteiger partial charge on any atom is -0.393 e. The van der Waals surface area contributed by atoms with Crippen molar-refractivity contribution in [2.45, 2.75) is 36.0 Å². The molecule has 3 heteroatoms. The molecule has 18 heavy (non-hydrogen) atoms. The van der Waals surface area contributed by atoms with E-state index >= 15 is 0 Å². The van der Waals surface area contributed by atoms with Gasteiger partial charge in [-0.3, -0.25) is 0 Å². The fourth-order valence-electron chi connectivity index (χ4n) is 3.03. The minimum absolute atomic E-state index is 0.0883. The molecule has 0 bridgehead atoms. The van der Waals surface area contributed by atoms with Crippen LogP contribution in [0, 0.1) is 5.92 Å². The predicted octanol–water partition coefficient (Wildman–Crippen LogP) is 2.41. The molecule has 0 amide bonds. The summed E-state index contributed by atoms with van der Waals surface area (Å²) in [5, 5.41) is 10.5. The maximum absolute atomic E-state index is 9.77. The molecular weight excluding hydrogens is 242 g/mol. The molecule has 1 N–H and O–H groups in total. The lowest BCUT2D eigenvalue weighted by Crippen LogP contribution is -2.44. The highest BCUT2D eigenvalue weighted by atomic mass is 32.2. The summed E-state index contributed by atoms with van der Waals surface area (Å²) in [6.07, 6.45) is 2.05. The van der Waals surface area contributed by atoms with Crippen molar-refractivity contribution >= 4 is 11.8 Å². The molecule has 2 heterocycles. The summed E-state index contributed by atoms with van der Waals surface area (Å²) >= 11 is 2.03. The van der Waals surface area contributed by atoms with Crippen molar-refractivity contribution in [3.05, 3.63) is 29.8 Å². The summed E-state index contributed by atoms with van der Waals surface area (Å²) in [6, 6.07) is 8.77. The van der Waals surface area contributed by atoms with Crippen LogP contribution in [0.1, 0.15) is 18.9 Å². The number of piperidine rings is 1. The van der Waals surface area contributed by atoms with Crippen LogP contribution in [0.25, 0.3) is 0 Å². The van der Waals surface area contributed by atoms with Crippen molar-refractivity contribution in [2.75, 3.05) is 19.6 Å². The molecule has 0 radical (unpaired) electrons. The van der Waals surface area contributed by atoms with Crippen LogP contribution >= 0.6 is 11.8 Å². The van der Waals surface area contributed by atoms with Gasteiger partial charge >= 0.3 is 0 Å². The molecule has 0 aromatic heterocycles. The second-order valence-electron chi connectivity index (χ2n) is 5.64. The van der Waals surface area contributed by atoms with E-state index in [-0.39, 0.29) is 6.10 Å². The van der Waals surface area contributed by atoms with Crippen LogP contribution < -0.4 is 0 Å². The minimum atomic E-state index is -0.0883. The zero-order valence-corrected chi connectivity index (χ0v) is 11.7. The lowest BCUT2D eigenvalue weighted by molar-refractivity contribution is 0.0354. The number of likely N-dealkylation sites (tertiary alicyclic amines) is 1. The Bertz CT molecular complexity index is 398. The van der Waals surface area contributed by atoms with Gasteiger partial charge in [0.2, 0.25) is 0 Å². The van der Waals surface area contributed by atoms with Gasteiger partial charge in [-0.05, 0) is 30.4 Å². The van der Waals surface area contributed by atoms with E-state index in [1.807, 2.05) is 11.8 Å².